The van der Waals surface area contributed by atoms with Crippen molar-refractivity contribution in [2.24, 2.45) is 0 Å². The summed E-state index contributed by atoms with van der Waals surface area (Å²) in [6.07, 6.45) is 5.50. The van der Waals surface area contributed by atoms with E-state index in [1.54, 1.807) is 4.40 Å². The Hall–Kier alpha value is -3.57. The zero-order valence-corrected chi connectivity index (χ0v) is 20.4. The number of likely N-dealkylation sites (tertiary alicyclic amines) is 1. The number of rotatable bonds is 4. The summed E-state index contributed by atoms with van der Waals surface area (Å²) in [5.41, 5.74) is -0.464. The van der Waals surface area contributed by atoms with Gasteiger partial charge in [-0.25, -0.2) is 9.78 Å². The van der Waals surface area contributed by atoms with Crippen LogP contribution in [0.3, 0.4) is 0 Å². The number of pyridine rings is 2. The van der Waals surface area contributed by atoms with Gasteiger partial charge in [-0.2, -0.15) is 0 Å². The van der Waals surface area contributed by atoms with E-state index in [1.807, 2.05) is 29.2 Å². The first kappa shape index (κ1) is 22.9. The maximum atomic E-state index is 13.3. The van der Waals surface area contributed by atoms with Crippen LogP contribution in [-0.2, 0) is 0 Å². The fourth-order valence-electron chi connectivity index (χ4n) is 5.70. The van der Waals surface area contributed by atoms with Gasteiger partial charge in [-0.3, -0.25) is 19.3 Å². The average Bonchev–Trinajstić information content (AvgIpc) is 3.27. The lowest BCUT2D eigenvalue weighted by Crippen LogP contribution is -2.47. The molecule has 0 saturated carbocycles. The smallest absolute Gasteiger partial charge is 0.342 e. The van der Waals surface area contributed by atoms with Crippen molar-refractivity contribution in [3.8, 4) is 0 Å². The molecule has 0 amide bonds. The summed E-state index contributed by atoms with van der Waals surface area (Å²) in [5, 5.41) is 21.9. The molecule has 1 N–H and O–H groups in total. The van der Waals surface area contributed by atoms with E-state index in [-0.39, 0.29) is 27.4 Å². The first-order valence-electron chi connectivity index (χ1n) is 12.2. The number of nitrogens with zero attached hydrogens (tertiary/aromatic N) is 5. The van der Waals surface area contributed by atoms with Crippen LogP contribution in [0, 0.1) is 10.1 Å². The van der Waals surface area contributed by atoms with Crippen molar-refractivity contribution in [2.45, 2.75) is 38.1 Å². The van der Waals surface area contributed by atoms with Crippen LogP contribution in [0.5, 0.6) is 0 Å². The number of piperidine rings is 2. The lowest BCUT2D eigenvalue weighted by Gasteiger charge is -2.40. The third kappa shape index (κ3) is 3.61. The number of thiazole rings is 1. The molecule has 10 nitrogen and oxygen atoms in total. The van der Waals surface area contributed by atoms with E-state index in [0.29, 0.717) is 24.6 Å². The Morgan fingerprint density at radius 2 is 1.83 bits per heavy atom. The van der Waals surface area contributed by atoms with Gasteiger partial charge in [0.1, 0.15) is 10.4 Å². The molecule has 36 heavy (non-hydrogen) atoms. The molecule has 186 valence electrons. The lowest BCUT2D eigenvalue weighted by atomic mass is 10.00. The number of hydrogen-bond acceptors (Lipinski definition) is 8. The van der Waals surface area contributed by atoms with Crippen LogP contribution in [0.4, 0.5) is 11.5 Å². The van der Waals surface area contributed by atoms with Gasteiger partial charge >= 0.3 is 11.7 Å². The second kappa shape index (κ2) is 8.82. The first-order valence-corrected chi connectivity index (χ1v) is 13.0. The summed E-state index contributed by atoms with van der Waals surface area (Å²) in [5.74, 6) is -1.13. The second-order valence-electron chi connectivity index (χ2n) is 9.49. The highest BCUT2D eigenvalue weighted by Gasteiger charge is 2.32. The summed E-state index contributed by atoms with van der Waals surface area (Å²) in [4.78, 5) is 46.4. The average molecular weight is 508 g/mol. The molecular formula is C25H25N5O5S. The Bertz CT molecular complexity index is 1580. The number of fused-ring (bicyclic) bond motifs is 5. The van der Waals surface area contributed by atoms with Crippen LogP contribution >= 0.6 is 11.3 Å². The number of aromatic nitrogens is 2. The van der Waals surface area contributed by atoms with Crippen LogP contribution in [0.15, 0.2) is 35.1 Å². The van der Waals surface area contributed by atoms with Crippen molar-refractivity contribution in [2.75, 3.05) is 31.1 Å². The van der Waals surface area contributed by atoms with Crippen LogP contribution in [0.1, 0.15) is 42.5 Å². The van der Waals surface area contributed by atoms with E-state index in [9.17, 15) is 24.8 Å². The minimum atomic E-state index is -1.36. The van der Waals surface area contributed by atoms with Crippen molar-refractivity contribution in [1.29, 1.82) is 0 Å². The molecule has 0 aliphatic carbocycles. The Labute approximate surface area is 209 Å². The van der Waals surface area contributed by atoms with Crippen LogP contribution in [-0.4, -0.2) is 62.5 Å². The molecule has 4 aromatic rings. The number of carboxylic acids is 1. The Morgan fingerprint density at radius 3 is 2.53 bits per heavy atom. The fourth-order valence-corrected chi connectivity index (χ4v) is 6.87. The molecule has 2 saturated heterocycles. The quantitative estimate of drug-likeness (QED) is 0.323. The standard InChI is InChI=1S/C25H25N5O5S/c31-21-16-14-18(30(34)35)23(28-12-8-15(9-13-28)27-10-4-1-5-11-27)26-22(16)29-17-6-2-3-7-19(17)36-24(29)20(21)25(32)33/h2-3,6-7,14-15H,1,4-5,8-13H2,(H,32,33). The molecule has 1 aromatic carbocycles. The predicted molar refractivity (Wildman–Crippen MR) is 139 cm³/mol. The molecule has 0 unspecified atom stereocenters. The summed E-state index contributed by atoms with van der Waals surface area (Å²) < 4.78 is 2.46. The predicted octanol–water partition coefficient (Wildman–Crippen LogP) is 4.12. The molecular weight excluding hydrogens is 482 g/mol. The Kier molecular flexibility index (Phi) is 5.60. The zero-order chi connectivity index (χ0) is 25.0. The summed E-state index contributed by atoms with van der Waals surface area (Å²) in [6.45, 7) is 3.49. The number of nitro groups is 1. The molecule has 2 aliphatic rings. The van der Waals surface area contributed by atoms with Gasteiger partial charge < -0.3 is 14.9 Å². The van der Waals surface area contributed by atoms with Crippen LogP contribution < -0.4 is 10.3 Å². The Balaban J connectivity index is 1.52. The molecule has 5 heterocycles. The summed E-state index contributed by atoms with van der Waals surface area (Å²) in [6, 6.07) is 9.04. The van der Waals surface area contributed by atoms with Crippen molar-refractivity contribution in [3.63, 3.8) is 0 Å². The van der Waals surface area contributed by atoms with Gasteiger partial charge in [-0.1, -0.05) is 18.6 Å². The van der Waals surface area contributed by atoms with E-state index in [0.717, 1.165) is 30.6 Å². The lowest BCUT2D eigenvalue weighted by molar-refractivity contribution is -0.384. The zero-order valence-electron chi connectivity index (χ0n) is 19.6. The minimum Gasteiger partial charge on any atom is -0.477 e. The highest BCUT2D eigenvalue weighted by molar-refractivity contribution is 7.24. The fraction of sp³-hybridized carbons (Fsp3) is 0.400. The minimum absolute atomic E-state index is 0.0629. The first-order chi connectivity index (χ1) is 17.4. The molecule has 6 rings (SSSR count). The number of anilines is 1. The Morgan fingerprint density at radius 1 is 1.11 bits per heavy atom. The molecule has 0 spiro atoms. The number of aromatic carboxylic acids is 1. The van der Waals surface area contributed by atoms with Crippen molar-refractivity contribution in [3.05, 3.63) is 56.2 Å². The van der Waals surface area contributed by atoms with Gasteiger partial charge in [-0.05, 0) is 50.9 Å². The molecule has 2 fully saturated rings. The molecule has 11 heteroatoms. The topological polar surface area (TPSA) is 121 Å². The molecule has 2 aliphatic heterocycles. The van der Waals surface area contributed by atoms with E-state index in [4.69, 9.17) is 4.98 Å². The third-order valence-corrected chi connectivity index (χ3v) is 8.60. The van der Waals surface area contributed by atoms with E-state index in [2.05, 4.69) is 4.90 Å². The van der Waals surface area contributed by atoms with Gasteiger partial charge in [0.05, 0.1) is 20.5 Å². The maximum Gasteiger partial charge on any atom is 0.342 e. The van der Waals surface area contributed by atoms with E-state index < -0.39 is 21.9 Å². The third-order valence-electron chi connectivity index (χ3n) is 7.46. The molecule has 0 atom stereocenters. The number of para-hydroxylation sites is 1. The van der Waals surface area contributed by atoms with Gasteiger partial charge in [0.15, 0.2) is 5.65 Å². The van der Waals surface area contributed by atoms with Gasteiger partial charge in [-0.15, -0.1) is 11.3 Å². The number of carboxylic acid groups (broad SMARTS) is 1. The van der Waals surface area contributed by atoms with Crippen molar-refractivity contribution >= 4 is 54.9 Å². The molecule has 0 bridgehead atoms. The summed E-state index contributed by atoms with van der Waals surface area (Å²) in [7, 11) is 0. The van der Waals surface area contributed by atoms with Crippen LogP contribution in [0.25, 0.3) is 26.1 Å². The van der Waals surface area contributed by atoms with E-state index in [1.165, 1.54) is 36.7 Å². The number of benzene rings is 1. The monoisotopic (exact) mass is 507 g/mol. The van der Waals surface area contributed by atoms with Crippen molar-refractivity contribution < 1.29 is 14.8 Å². The summed E-state index contributed by atoms with van der Waals surface area (Å²) >= 11 is 1.20. The normalized spacial score (nSPS) is 17.8. The van der Waals surface area contributed by atoms with Gasteiger partial charge in [0.2, 0.25) is 11.2 Å². The second-order valence-corrected chi connectivity index (χ2v) is 10.5. The highest BCUT2D eigenvalue weighted by Crippen LogP contribution is 2.36. The van der Waals surface area contributed by atoms with Gasteiger partial charge in [0.25, 0.3) is 0 Å². The molecule has 0 radical (unpaired) electrons. The number of hydrogen-bond donors (Lipinski definition) is 1. The number of carbonyl (C=O) groups is 1. The SMILES string of the molecule is O=C(O)c1c(=O)c2cc([N+](=O)[O-])c(N3CCC(N4CCCCC4)CC3)nc2n2c1sc1ccccc12. The molecule has 3 aromatic heterocycles. The van der Waals surface area contributed by atoms with Crippen LogP contribution in [0.2, 0.25) is 0 Å². The largest absolute Gasteiger partial charge is 0.477 e. The highest BCUT2D eigenvalue weighted by atomic mass is 32.1. The van der Waals surface area contributed by atoms with E-state index >= 15 is 0 Å². The van der Waals surface area contributed by atoms with Crippen molar-refractivity contribution in [1.82, 2.24) is 14.3 Å². The maximum absolute atomic E-state index is 13.3. The van der Waals surface area contributed by atoms with Gasteiger partial charge in [0, 0.05) is 25.2 Å².